The lowest BCUT2D eigenvalue weighted by Gasteiger charge is -2.11. The number of nitrogens with two attached hydrogens (primary N) is 1. The highest BCUT2D eigenvalue weighted by Gasteiger charge is 2.19. The summed E-state index contributed by atoms with van der Waals surface area (Å²) < 4.78 is 1.22. The van der Waals surface area contributed by atoms with Crippen LogP contribution in [0, 0.1) is 17.0 Å². The Kier molecular flexibility index (Phi) is 7.22. The van der Waals surface area contributed by atoms with E-state index in [2.05, 4.69) is 10.4 Å². The predicted molar refractivity (Wildman–Crippen MR) is 94.5 cm³/mol. The van der Waals surface area contributed by atoms with Gasteiger partial charge in [-0.3, -0.25) is 19.7 Å². The smallest absolute Gasteiger partial charge is 0.294 e. The van der Waals surface area contributed by atoms with Gasteiger partial charge < -0.3 is 11.1 Å². The van der Waals surface area contributed by atoms with E-state index in [1.807, 2.05) is 0 Å². The summed E-state index contributed by atoms with van der Waals surface area (Å²) in [6.07, 6.45) is 0.565. The minimum Gasteiger partial charge on any atom is -0.350 e. The predicted octanol–water partition coefficient (Wildman–Crippen LogP) is 0.950. The van der Waals surface area contributed by atoms with E-state index < -0.39 is 16.3 Å². The van der Waals surface area contributed by atoms with Crippen molar-refractivity contribution in [2.24, 2.45) is 5.73 Å². The number of rotatable bonds is 6. The van der Waals surface area contributed by atoms with Crippen molar-refractivity contribution in [1.29, 1.82) is 0 Å². The molecule has 0 saturated carbocycles. The highest BCUT2D eigenvalue weighted by atomic mass is 35.5. The van der Waals surface area contributed by atoms with Crippen LogP contribution in [-0.4, -0.2) is 33.7 Å². The first kappa shape index (κ1) is 20.3. The Morgan fingerprint density at radius 1 is 1.40 bits per heavy atom. The zero-order valence-corrected chi connectivity index (χ0v) is 14.3. The molecule has 134 valence electrons. The number of aromatic nitrogens is 2. The van der Waals surface area contributed by atoms with E-state index in [-0.39, 0.29) is 29.5 Å². The number of nitro groups is 1. The molecule has 0 radical (unpaired) electrons. The molecule has 0 fully saturated rings. The number of carbonyl (C=O) groups is 1. The van der Waals surface area contributed by atoms with Gasteiger partial charge in [0.15, 0.2) is 5.69 Å². The number of hydrogen-bond donors (Lipinski definition) is 2. The number of nitrogens with zero attached hydrogens (tertiary/aromatic N) is 3. The molecule has 0 aliphatic rings. The normalized spacial score (nSPS) is 10.0. The van der Waals surface area contributed by atoms with E-state index in [1.54, 1.807) is 13.0 Å². The molecule has 0 aliphatic heterocycles. The summed E-state index contributed by atoms with van der Waals surface area (Å²) in [6, 6.07) is 7.19. The molecule has 9 nitrogen and oxygen atoms in total. The molecule has 1 aromatic carbocycles. The SMILES string of the molecule is Cc1cc(=O)c(C(=O)NCCCN)nn1-c1ccccc1[N+](=O)[O-].Cl. The zero-order valence-electron chi connectivity index (χ0n) is 13.5. The fraction of sp³-hybridized carbons (Fsp3) is 0.267. The molecule has 1 aromatic heterocycles. The molecule has 0 atom stereocenters. The van der Waals surface area contributed by atoms with Crippen molar-refractivity contribution < 1.29 is 9.72 Å². The third-order valence-electron chi connectivity index (χ3n) is 3.30. The molecule has 0 saturated heterocycles. The van der Waals surface area contributed by atoms with Gasteiger partial charge in [0, 0.05) is 24.4 Å². The average molecular weight is 368 g/mol. The van der Waals surface area contributed by atoms with Gasteiger partial charge in [0.2, 0.25) is 5.43 Å². The van der Waals surface area contributed by atoms with Gasteiger partial charge in [0.05, 0.1) is 4.92 Å². The van der Waals surface area contributed by atoms with Crippen LogP contribution in [0.15, 0.2) is 35.1 Å². The summed E-state index contributed by atoms with van der Waals surface area (Å²) in [5, 5.41) is 17.7. The van der Waals surface area contributed by atoms with Crippen molar-refractivity contribution in [2.75, 3.05) is 13.1 Å². The highest BCUT2D eigenvalue weighted by molar-refractivity contribution is 5.92. The molecule has 3 N–H and O–H groups in total. The summed E-state index contributed by atoms with van der Waals surface area (Å²) in [5.74, 6) is -0.638. The standard InChI is InChI=1S/C15H17N5O4.ClH/c1-10-9-13(21)14(15(22)17-8-4-7-16)18-19(10)11-5-2-3-6-12(11)20(23)24;/h2-3,5-6,9H,4,7-8,16H2,1H3,(H,17,22);1H. The second-order valence-corrected chi connectivity index (χ2v) is 5.05. The lowest BCUT2D eigenvalue weighted by Crippen LogP contribution is -2.33. The second kappa shape index (κ2) is 8.90. The fourth-order valence-electron chi connectivity index (χ4n) is 2.13. The monoisotopic (exact) mass is 367 g/mol. The van der Waals surface area contributed by atoms with E-state index >= 15 is 0 Å². The van der Waals surface area contributed by atoms with Crippen LogP contribution in [0.4, 0.5) is 5.69 Å². The van der Waals surface area contributed by atoms with Gasteiger partial charge in [-0.15, -0.1) is 12.4 Å². The van der Waals surface area contributed by atoms with Crippen LogP contribution >= 0.6 is 12.4 Å². The quantitative estimate of drug-likeness (QED) is 0.443. The minimum absolute atomic E-state index is 0. The maximum absolute atomic E-state index is 12.1. The number of hydrogen-bond acceptors (Lipinski definition) is 6. The lowest BCUT2D eigenvalue weighted by molar-refractivity contribution is -0.384. The van der Waals surface area contributed by atoms with E-state index in [4.69, 9.17) is 5.73 Å². The lowest BCUT2D eigenvalue weighted by atomic mass is 10.2. The first-order valence-corrected chi connectivity index (χ1v) is 7.28. The average Bonchev–Trinajstić information content (AvgIpc) is 2.55. The van der Waals surface area contributed by atoms with Crippen LogP contribution < -0.4 is 16.5 Å². The first-order chi connectivity index (χ1) is 11.5. The number of nitrogens with one attached hydrogen (secondary N) is 1. The molecule has 2 rings (SSSR count). The van der Waals surface area contributed by atoms with E-state index in [0.717, 1.165) is 0 Å². The van der Waals surface area contributed by atoms with Crippen LogP contribution in [0.1, 0.15) is 22.6 Å². The number of halogens is 1. The molecule has 0 aliphatic carbocycles. The van der Waals surface area contributed by atoms with Crippen LogP contribution in [0.25, 0.3) is 5.69 Å². The maximum atomic E-state index is 12.1. The van der Waals surface area contributed by atoms with Crippen LogP contribution in [-0.2, 0) is 0 Å². The largest absolute Gasteiger partial charge is 0.350 e. The number of carbonyl (C=O) groups excluding carboxylic acids is 1. The van der Waals surface area contributed by atoms with E-state index in [9.17, 15) is 19.7 Å². The molecular formula is C15H18ClN5O4. The van der Waals surface area contributed by atoms with Gasteiger partial charge in [0.25, 0.3) is 11.6 Å². The third-order valence-corrected chi connectivity index (χ3v) is 3.30. The summed E-state index contributed by atoms with van der Waals surface area (Å²) in [6.45, 7) is 2.30. The number of nitro benzene ring substituents is 1. The fourth-order valence-corrected chi connectivity index (χ4v) is 2.13. The van der Waals surface area contributed by atoms with Gasteiger partial charge in [-0.05, 0) is 26.0 Å². The van der Waals surface area contributed by atoms with Crippen molar-refractivity contribution in [2.45, 2.75) is 13.3 Å². The molecule has 2 aromatic rings. The Morgan fingerprint density at radius 3 is 2.72 bits per heavy atom. The molecule has 10 heteroatoms. The second-order valence-electron chi connectivity index (χ2n) is 5.05. The molecule has 1 amide bonds. The first-order valence-electron chi connectivity index (χ1n) is 7.28. The van der Waals surface area contributed by atoms with Crippen molar-refractivity contribution in [1.82, 2.24) is 15.1 Å². The van der Waals surface area contributed by atoms with Crippen LogP contribution in [0.2, 0.25) is 0 Å². The van der Waals surface area contributed by atoms with Gasteiger partial charge in [-0.2, -0.15) is 5.10 Å². The van der Waals surface area contributed by atoms with E-state index in [0.29, 0.717) is 25.2 Å². The summed E-state index contributed by atoms with van der Waals surface area (Å²) >= 11 is 0. The molecule has 0 unspecified atom stereocenters. The van der Waals surface area contributed by atoms with E-state index in [1.165, 1.54) is 28.9 Å². The van der Waals surface area contributed by atoms with Crippen LogP contribution in [0.3, 0.4) is 0 Å². The third kappa shape index (κ3) is 4.61. The van der Waals surface area contributed by atoms with Crippen molar-refractivity contribution >= 4 is 24.0 Å². The number of benzene rings is 1. The van der Waals surface area contributed by atoms with Crippen molar-refractivity contribution in [3.8, 4) is 5.69 Å². The Labute approximate surface area is 149 Å². The molecule has 0 bridgehead atoms. The summed E-state index contributed by atoms with van der Waals surface area (Å²) in [4.78, 5) is 34.7. The van der Waals surface area contributed by atoms with Crippen molar-refractivity contribution in [3.05, 3.63) is 62.1 Å². The van der Waals surface area contributed by atoms with Crippen LogP contribution in [0.5, 0.6) is 0 Å². The topological polar surface area (TPSA) is 133 Å². The minimum atomic E-state index is -0.638. The van der Waals surface area contributed by atoms with Gasteiger partial charge >= 0.3 is 0 Å². The molecule has 25 heavy (non-hydrogen) atoms. The van der Waals surface area contributed by atoms with Gasteiger partial charge in [-0.25, -0.2) is 4.68 Å². The Hall–Kier alpha value is -2.78. The summed E-state index contributed by atoms with van der Waals surface area (Å²) in [5.41, 5.74) is 4.86. The number of para-hydroxylation sites is 2. The molecular weight excluding hydrogens is 350 g/mol. The zero-order chi connectivity index (χ0) is 17.7. The Balaban J connectivity index is 0.00000312. The van der Waals surface area contributed by atoms with Gasteiger partial charge in [-0.1, -0.05) is 12.1 Å². The Morgan fingerprint density at radius 2 is 2.08 bits per heavy atom. The number of aryl methyl sites for hydroxylation is 1. The van der Waals surface area contributed by atoms with Crippen molar-refractivity contribution in [3.63, 3.8) is 0 Å². The summed E-state index contributed by atoms with van der Waals surface area (Å²) in [7, 11) is 0. The maximum Gasteiger partial charge on any atom is 0.294 e. The molecule has 1 heterocycles. The number of amides is 1. The highest BCUT2D eigenvalue weighted by Crippen LogP contribution is 2.22. The molecule has 0 spiro atoms. The Bertz CT molecular complexity index is 837. The van der Waals surface area contributed by atoms with Gasteiger partial charge in [0.1, 0.15) is 5.69 Å².